The molecule has 10 nitrogen and oxygen atoms in total. The Hall–Kier alpha value is -5.38. The van der Waals surface area contributed by atoms with Gasteiger partial charge in [-0.3, -0.25) is 14.9 Å². The molecule has 184 valence electrons. The Bertz CT molecular complexity index is 1560. The monoisotopic (exact) mass is 496 g/mol. The van der Waals surface area contributed by atoms with Crippen LogP contribution in [0, 0.1) is 10.1 Å². The minimum atomic E-state index is -0.471. The Labute approximate surface area is 210 Å². The van der Waals surface area contributed by atoms with Gasteiger partial charge in [-0.25, -0.2) is 4.79 Å². The molecule has 1 aliphatic rings. The molecule has 0 spiro atoms. The number of methoxy groups -OCH3 is 1. The lowest BCUT2D eigenvalue weighted by atomic mass is 10.1. The molecular weight excluding hydrogens is 476 g/mol. The summed E-state index contributed by atoms with van der Waals surface area (Å²) in [6.45, 7) is 0. The highest BCUT2D eigenvalue weighted by Crippen LogP contribution is 2.36. The number of urea groups is 1. The molecule has 3 amide bonds. The third-order valence-corrected chi connectivity index (χ3v) is 5.66. The Morgan fingerprint density at radius 1 is 1.00 bits per heavy atom. The fraction of sp³-hybridized carbons (Fsp3) is 0.0370. The lowest BCUT2D eigenvalue weighted by Gasteiger charge is -2.09. The van der Waals surface area contributed by atoms with E-state index < -0.39 is 11.0 Å². The summed E-state index contributed by atoms with van der Waals surface area (Å²) in [7, 11) is 1.56. The predicted molar refractivity (Wildman–Crippen MR) is 139 cm³/mol. The molecule has 3 N–H and O–H groups in total. The van der Waals surface area contributed by atoms with Gasteiger partial charge in [-0.15, -0.1) is 0 Å². The standard InChI is InChI=1S/C27H20N4O6/c1-36-20-8-5-17(6-9-20)28-27(33)29-18-7-11-22-23(26(32)30-24(22)14-18)15-21-10-12-25(37-21)16-3-2-4-19(13-16)31(34)35/h2-15H,1H3,(H,30,32)(H2,28,29,33)/b23-15+. The molecule has 0 unspecified atom stereocenters. The Morgan fingerprint density at radius 2 is 1.76 bits per heavy atom. The van der Waals surface area contributed by atoms with Crippen molar-refractivity contribution in [2.45, 2.75) is 0 Å². The second-order valence-electron chi connectivity index (χ2n) is 8.09. The summed E-state index contributed by atoms with van der Waals surface area (Å²) in [5.41, 5.74) is 3.20. The quantitative estimate of drug-likeness (QED) is 0.170. The van der Waals surface area contributed by atoms with E-state index in [4.69, 9.17) is 9.15 Å². The highest BCUT2D eigenvalue weighted by Gasteiger charge is 2.25. The van der Waals surface area contributed by atoms with Crippen molar-refractivity contribution in [3.8, 4) is 17.1 Å². The van der Waals surface area contributed by atoms with Gasteiger partial charge in [0.05, 0.1) is 23.3 Å². The zero-order valence-corrected chi connectivity index (χ0v) is 19.5. The fourth-order valence-corrected chi connectivity index (χ4v) is 3.88. The van der Waals surface area contributed by atoms with Gasteiger partial charge in [-0.05, 0) is 54.6 Å². The van der Waals surface area contributed by atoms with Gasteiger partial charge in [0.1, 0.15) is 17.3 Å². The second kappa shape index (κ2) is 9.70. The normalized spacial score (nSPS) is 13.1. The van der Waals surface area contributed by atoms with Gasteiger partial charge in [-0.2, -0.15) is 0 Å². The summed E-state index contributed by atoms with van der Waals surface area (Å²) in [6, 6.07) is 21.1. The molecule has 0 aliphatic carbocycles. The number of carbonyl (C=O) groups is 2. The van der Waals surface area contributed by atoms with E-state index in [9.17, 15) is 19.7 Å². The number of ether oxygens (including phenoxy) is 1. The van der Waals surface area contributed by atoms with Crippen molar-refractivity contribution < 1.29 is 23.7 Å². The lowest BCUT2D eigenvalue weighted by Crippen LogP contribution is -2.19. The van der Waals surface area contributed by atoms with Crippen LogP contribution in [0.4, 0.5) is 27.5 Å². The average Bonchev–Trinajstić information content (AvgIpc) is 3.48. The highest BCUT2D eigenvalue weighted by molar-refractivity contribution is 6.35. The zero-order valence-electron chi connectivity index (χ0n) is 19.5. The molecule has 2 heterocycles. The molecule has 10 heteroatoms. The summed E-state index contributed by atoms with van der Waals surface area (Å²) in [5.74, 6) is 1.22. The van der Waals surface area contributed by atoms with Crippen LogP contribution in [0.5, 0.6) is 5.75 Å². The van der Waals surface area contributed by atoms with E-state index in [2.05, 4.69) is 16.0 Å². The topological polar surface area (TPSA) is 136 Å². The first-order valence-electron chi connectivity index (χ1n) is 11.1. The minimum Gasteiger partial charge on any atom is -0.497 e. The van der Waals surface area contributed by atoms with Crippen LogP contribution in [-0.2, 0) is 4.79 Å². The van der Waals surface area contributed by atoms with Gasteiger partial charge < -0.3 is 25.1 Å². The Balaban J connectivity index is 1.31. The van der Waals surface area contributed by atoms with E-state index in [1.807, 2.05) is 0 Å². The molecule has 5 rings (SSSR count). The smallest absolute Gasteiger partial charge is 0.323 e. The van der Waals surface area contributed by atoms with Crippen LogP contribution in [0.15, 0.2) is 83.3 Å². The van der Waals surface area contributed by atoms with Gasteiger partial charge in [0.2, 0.25) is 0 Å². The lowest BCUT2D eigenvalue weighted by molar-refractivity contribution is -0.384. The number of nitro groups is 1. The molecule has 0 saturated carbocycles. The van der Waals surface area contributed by atoms with Crippen LogP contribution in [-0.4, -0.2) is 24.0 Å². The average molecular weight is 496 g/mol. The largest absolute Gasteiger partial charge is 0.497 e. The Morgan fingerprint density at radius 3 is 2.51 bits per heavy atom. The van der Waals surface area contributed by atoms with Crippen molar-refractivity contribution in [3.05, 3.63) is 100 Å². The number of nitrogens with zero attached hydrogens (tertiary/aromatic N) is 1. The molecule has 1 aromatic heterocycles. The van der Waals surface area contributed by atoms with E-state index in [-0.39, 0.29) is 11.6 Å². The number of nitrogens with one attached hydrogen (secondary N) is 3. The number of anilines is 3. The molecule has 0 radical (unpaired) electrons. The molecule has 4 aromatic rings. The van der Waals surface area contributed by atoms with Gasteiger partial charge >= 0.3 is 6.03 Å². The summed E-state index contributed by atoms with van der Waals surface area (Å²) in [5, 5.41) is 19.3. The maximum Gasteiger partial charge on any atom is 0.323 e. The highest BCUT2D eigenvalue weighted by atomic mass is 16.6. The Kier molecular flexibility index (Phi) is 6.13. The number of hydrogen-bond donors (Lipinski definition) is 3. The van der Waals surface area contributed by atoms with Gasteiger partial charge in [-0.1, -0.05) is 18.2 Å². The van der Waals surface area contributed by atoms with Crippen molar-refractivity contribution >= 4 is 46.3 Å². The van der Waals surface area contributed by atoms with E-state index in [1.54, 1.807) is 79.9 Å². The molecule has 0 bridgehead atoms. The van der Waals surface area contributed by atoms with E-state index in [0.717, 1.165) is 0 Å². The zero-order chi connectivity index (χ0) is 25.9. The van der Waals surface area contributed by atoms with Crippen molar-refractivity contribution in [2.24, 2.45) is 0 Å². The summed E-state index contributed by atoms with van der Waals surface area (Å²) in [4.78, 5) is 35.6. The number of non-ortho nitro benzene ring substituents is 1. The molecule has 1 aliphatic heterocycles. The van der Waals surface area contributed by atoms with Crippen molar-refractivity contribution in [2.75, 3.05) is 23.1 Å². The van der Waals surface area contributed by atoms with Crippen LogP contribution in [0.1, 0.15) is 11.3 Å². The first-order chi connectivity index (χ1) is 17.9. The third kappa shape index (κ3) is 5.03. The summed E-state index contributed by atoms with van der Waals surface area (Å²) >= 11 is 0. The summed E-state index contributed by atoms with van der Waals surface area (Å²) < 4.78 is 10.9. The molecule has 0 fully saturated rings. The van der Waals surface area contributed by atoms with Crippen LogP contribution in [0.25, 0.3) is 23.0 Å². The van der Waals surface area contributed by atoms with Gasteiger partial charge in [0, 0.05) is 34.6 Å². The number of hydrogen-bond acceptors (Lipinski definition) is 6. The van der Waals surface area contributed by atoms with Crippen LogP contribution >= 0.6 is 0 Å². The van der Waals surface area contributed by atoms with Crippen molar-refractivity contribution in [1.29, 1.82) is 0 Å². The van der Waals surface area contributed by atoms with E-state index in [0.29, 0.717) is 51.0 Å². The molecular formula is C27H20N4O6. The SMILES string of the molecule is COc1ccc(NC(=O)Nc2ccc3c(c2)NC(=O)/C3=C/c2ccc(-c3cccc([N+](=O)[O-])c3)o2)cc1. The minimum absolute atomic E-state index is 0.0417. The predicted octanol–water partition coefficient (Wildman–Crippen LogP) is 6.00. The number of nitro benzene ring substituents is 1. The number of rotatable bonds is 6. The summed E-state index contributed by atoms with van der Waals surface area (Å²) in [6.07, 6.45) is 1.60. The van der Waals surface area contributed by atoms with Crippen molar-refractivity contribution in [1.82, 2.24) is 0 Å². The maximum absolute atomic E-state index is 12.7. The first-order valence-corrected chi connectivity index (χ1v) is 11.1. The first kappa shape index (κ1) is 23.4. The number of furan rings is 1. The fourth-order valence-electron chi connectivity index (χ4n) is 3.88. The van der Waals surface area contributed by atoms with Gasteiger partial charge in [0.15, 0.2) is 0 Å². The number of amides is 3. The van der Waals surface area contributed by atoms with E-state index in [1.165, 1.54) is 12.1 Å². The van der Waals surface area contributed by atoms with Gasteiger partial charge in [0.25, 0.3) is 11.6 Å². The molecule has 0 atom stereocenters. The molecule has 0 saturated heterocycles. The molecule has 3 aromatic carbocycles. The maximum atomic E-state index is 12.7. The van der Waals surface area contributed by atoms with Crippen LogP contribution < -0.4 is 20.7 Å². The second-order valence-corrected chi connectivity index (χ2v) is 8.09. The van der Waals surface area contributed by atoms with Crippen molar-refractivity contribution in [3.63, 3.8) is 0 Å². The molecule has 37 heavy (non-hydrogen) atoms. The number of benzene rings is 3. The van der Waals surface area contributed by atoms with Crippen LogP contribution in [0.3, 0.4) is 0 Å². The van der Waals surface area contributed by atoms with Crippen LogP contribution in [0.2, 0.25) is 0 Å². The number of carbonyl (C=O) groups excluding carboxylic acids is 2. The third-order valence-electron chi connectivity index (χ3n) is 5.66. The number of fused-ring (bicyclic) bond motifs is 1. The van der Waals surface area contributed by atoms with E-state index >= 15 is 0 Å².